The van der Waals surface area contributed by atoms with Gasteiger partial charge in [0.25, 0.3) is 0 Å². The first-order valence-corrected chi connectivity index (χ1v) is 8.47. The van der Waals surface area contributed by atoms with Crippen molar-refractivity contribution in [2.45, 2.75) is 6.42 Å². The zero-order chi connectivity index (χ0) is 19.6. The van der Waals surface area contributed by atoms with Gasteiger partial charge in [-0.2, -0.15) is 0 Å². The fourth-order valence-electron chi connectivity index (χ4n) is 2.96. The Labute approximate surface area is 162 Å². The second-order valence-corrected chi connectivity index (χ2v) is 6.12. The molecule has 3 aromatic rings. The van der Waals surface area contributed by atoms with Crippen molar-refractivity contribution in [1.82, 2.24) is 9.97 Å². The van der Waals surface area contributed by atoms with Gasteiger partial charge in [0.1, 0.15) is 11.3 Å². The minimum absolute atomic E-state index is 0.141. The molecule has 0 saturated carbocycles. The predicted octanol–water partition coefficient (Wildman–Crippen LogP) is 3.49. The highest BCUT2D eigenvalue weighted by atomic mass is 35.5. The standard InChI is InChI=1S/C19H20ClN3O4/c1-24-14-6-5-10(7-12(14)20)8-13-11-9-15(25-2)17(26-3)18(27-4)16(11)23-19(21)22-13/h5-7,9H,8H2,1-4H3,(H2,21,22,23). The van der Waals surface area contributed by atoms with Crippen LogP contribution < -0.4 is 24.7 Å². The molecule has 3 rings (SSSR count). The van der Waals surface area contributed by atoms with Crippen molar-refractivity contribution < 1.29 is 18.9 Å². The minimum atomic E-state index is 0.141. The summed E-state index contributed by atoms with van der Waals surface area (Å²) in [6.07, 6.45) is 0.492. The lowest BCUT2D eigenvalue weighted by molar-refractivity contribution is 0.327. The number of aromatic nitrogens is 2. The quantitative estimate of drug-likeness (QED) is 0.690. The van der Waals surface area contributed by atoms with E-state index in [1.165, 1.54) is 14.2 Å². The molecule has 0 spiro atoms. The lowest BCUT2D eigenvalue weighted by atomic mass is 10.0. The second kappa shape index (κ2) is 7.75. The van der Waals surface area contributed by atoms with Crippen molar-refractivity contribution in [3.05, 3.63) is 40.5 Å². The Kier molecular flexibility index (Phi) is 5.41. The van der Waals surface area contributed by atoms with Gasteiger partial charge in [-0.05, 0) is 23.8 Å². The number of hydrogen-bond acceptors (Lipinski definition) is 7. The Morgan fingerprint density at radius 3 is 2.19 bits per heavy atom. The van der Waals surface area contributed by atoms with Crippen molar-refractivity contribution in [2.24, 2.45) is 0 Å². The van der Waals surface area contributed by atoms with Crippen LogP contribution in [0.1, 0.15) is 11.3 Å². The van der Waals surface area contributed by atoms with Crippen molar-refractivity contribution in [3.8, 4) is 23.0 Å². The summed E-state index contributed by atoms with van der Waals surface area (Å²) in [6.45, 7) is 0. The van der Waals surface area contributed by atoms with Crippen LogP contribution in [0.5, 0.6) is 23.0 Å². The van der Waals surface area contributed by atoms with E-state index in [2.05, 4.69) is 9.97 Å². The number of anilines is 1. The van der Waals surface area contributed by atoms with Crippen LogP contribution in [0.15, 0.2) is 24.3 Å². The molecule has 2 N–H and O–H groups in total. The van der Waals surface area contributed by atoms with E-state index >= 15 is 0 Å². The molecular formula is C19H20ClN3O4. The molecule has 7 nitrogen and oxygen atoms in total. The van der Waals surface area contributed by atoms with E-state index in [4.69, 9.17) is 36.3 Å². The maximum absolute atomic E-state index is 6.24. The Bertz CT molecular complexity index is 995. The van der Waals surface area contributed by atoms with Crippen LogP contribution in [-0.2, 0) is 6.42 Å². The Morgan fingerprint density at radius 2 is 1.59 bits per heavy atom. The van der Waals surface area contributed by atoms with Crippen LogP contribution in [-0.4, -0.2) is 38.4 Å². The summed E-state index contributed by atoms with van der Waals surface area (Å²) >= 11 is 6.24. The van der Waals surface area contributed by atoms with Gasteiger partial charge in [-0.3, -0.25) is 0 Å². The molecule has 8 heteroatoms. The van der Waals surface area contributed by atoms with Crippen molar-refractivity contribution >= 4 is 28.5 Å². The molecule has 1 aromatic heterocycles. The van der Waals surface area contributed by atoms with Crippen LogP contribution in [0.25, 0.3) is 10.9 Å². The molecular weight excluding hydrogens is 370 g/mol. The number of nitrogen functional groups attached to an aromatic ring is 1. The van der Waals surface area contributed by atoms with Gasteiger partial charge < -0.3 is 24.7 Å². The van der Waals surface area contributed by atoms with E-state index in [1.54, 1.807) is 14.2 Å². The molecule has 27 heavy (non-hydrogen) atoms. The van der Waals surface area contributed by atoms with E-state index in [9.17, 15) is 0 Å². The maximum Gasteiger partial charge on any atom is 0.220 e. The zero-order valence-corrected chi connectivity index (χ0v) is 16.3. The van der Waals surface area contributed by atoms with Gasteiger partial charge in [-0.1, -0.05) is 17.7 Å². The minimum Gasteiger partial charge on any atom is -0.495 e. The van der Waals surface area contributed by atoms with Crippen molar-refractivity contribution in [2.75, 3.05) is 34.2 Å². The van der Waals surface area contributed by atoms with Crippen molar-refractivity contribution in [1.29, 1.82) is 0 Å². The highest BCUT2D eigenvalue weighted by molar-refractivity contribution is 6.32. The number of methoxy groups -OCH3 is 4. The lowest BCUT2D eigenvalue weighted by Crippen LogP contribution is -2.05. The van der Waals surface area contributed by atoms with Gasteiger partial charge in [0, 0.05) is 11.8 Å². The number of nitrogens with zero attached hydrogens (tertiary/aromatic N) is 2. The molecule has 1 heterocycles. The first kappa shape index (κ1) is 18.8. The molecule has 0 saturated heterocycles. The molecule has 0 aliphatic rings. The van der Waals surface area contributed by atoms with Gasteiger partial charge in [0.15, 0.2) is 11.5 Å². The smallest absolute Gasteiger partial charge is 0.220 e. The van der Waals surface area contributed by atoms with E-state index in [1.807, 2.05) is 24.3 Å². The molecule has 142 valence electrons. The summed E-state index contributed by atoms with van der Waals surface area (Å²) in [5, 5.41) is 1.28. The molecule has 0 radical (unpaired) electrons. The summed E-state index contributed by atoms with van der Waals surface area (Å²) in [5.41, 5.74) is 8.17. The first-order chi connectivity index (χ1) is 13.0. The third kappa shape index (κ3) is 3.50. The largest absolute Gasteiger partial charge is 0.495 e. The highest BCUT2D eigenvalue weighted by Gasteiger charge is 2.20. The topological polar surface area (TPSA) is 88.7 Å². The Morgan fingerprint density at radius 1 is 0.889 bits per heavy atom. The predicted molar refractivity (Wildman–Crippen MR) is 104 cm³/mol. The van der Waals surface area contributed by atoms with Crippen molar-refractivity contribution in [3.63, 3.8) is 0 Å². The fraction of sp³-hybridized carbons (Fsp3) is 0.263. The van der Waals surface area contributed by atoms with Gasteiger partial charge in [0.05, 0.1) is 39.2 Å². The van der Waals surface area contributed by atoms with Crippen LogP contribution in [0, 0.1) is 0 Å². The normalized spacial score (nSPS) is 10.7. The van der Waals surface area contributed by atoms with Gasteiger partial charge in [-0.25, -0.2) is 9.97 Å². The Hall–Kier alpha value is -2.93. The second-order valence-electron chi connectivity index (χ2n) is 5.72. The average Bonchev–Trinajstić information content (AvgIpc) is 2.66. The van der Waals surface area contributed by atoms with Gasteiger partial charge in [-0.15, -0.1) is 0 Å². The van der Waals surface area contributed by atoms with Crippen LogP contribution in [0.4, 0.5) is 5.95 Å². The summed E-state index contributed by atoms with van der Waals surface area (Å²) in [6, 6.07) is 7.39. The van der Waals surface area contributed by atoms with Crippen LogP contribution in [0.2, 0.25) is 5.02 Å². The fourth-order valence-corrected chi connectivity index (χ4v) is 3.24. The summed E-state index contributed by atoms with van der Waals surface area (Å²) in [4.78, 5) is 8.75. The van der Waals surface area contributed by atoms with Crippen LogP contribution >= 0.6 is 11.6 Å². The van der Waals surface area contributed by atoms with Gasteiger partial charge in [0.2, 0.25) is 11.7 Å². The molecule has 0 bridgehead atoms. The monoisotopic (exact) mass is 389 g/mol. The molecule has 0 aliphatic carbocycles. The Balaban J connectivity index is 2.19. The molecule has 0 aliphatic heterocycles. The molecule has 0 atom stereocenters. The zero-order valence-electron chi connectivity index (χ0n) is 15.5. The third-order valence-corrected chi connectivity index (χ3v) is 4.47. The number of benzene rings is 2. The van der Waals surface area contributed by atoms with Gasteiger partial charge >= 0.3 is 0 Å². The molecule has 0 amide bonds. The molecule has 0 fully saturated rings. The number of ether oxygens (including phenoxy) is 4. The number of rotatable bonds is 6. The maximum atomic E-state index is 6.24. The lowest BCUT2D eigenvalue weighted by Gasteiger charge is -2.16. The van der Waals surface area contributed by atoms with E-state index in [-0.39, 0.29) is 5.95 Å². The van der Waals surface area contributed by atoms with E-state index in [0.29, 0.717) is 40.0 Å². The number of fused-ring (bicyclic) bond motifs is 1. The van der Waals surface area contributed by atoms with Crippen LogP contribution in [0.3, 0.4) is 0 Å². The van der Waals surface area contributed by atoms with E-state index < -0.39 is 0 Å². The third-order valence-electron chi connectivity index (χ3n) is 4.18. The summed E-state index contributed by atoms with van der Waals surface area (Å²) in [5.74, 6) is 2.16. The number of hydrogen-bond donors (Lipinski definition) is 1. The average molecular weight is 390 g/mol. The number of nitrogens with two attached hydrogens (primary N) is 1. The first-order valence-electron chi connectivity index (χ1n) is 8.09. The number of halogens is 1. The summed E-state index contributed by atoms with van der Waals surface area (Å²) < 4.78 is 21.6. The van der Waals surface area contributed by atoms with E-state index in [0.717, 1.165) is 16.6 Å². The highest BCUT2D eigenvalue weighted by Crippen LogP contribution is 2.43. The summed E-state index contributed by atoms with van der Waals surface area (Å²) in [7, 11) is 6.21. The molecule has 0 unspecified atom stereocenters. The SMILES string of the molecule is COc1ccc(Cc2nc(N)nc3c(OC)c(OC)c(OC)cc23)cc1Cl. The molecule has 2 aromatic carbocycles.